The summed E-state index contributed by atoms with van der Waals surface area (Å²) in [6, 6.07) is 11.7. The average molecular weight is 395 g/mol. The van der Waals surface area contributed by atoms with Crippen LogP contribution in [0.3, 0.4) is 0 Å². The Balaban J connectivity index is 1.86. The molecule has 0 unspecified atom stereocenters. The highest BCUT2D eigenvalue weighted by atomic mass is 16.5. The summed E-state index contributed by atoms with van der Waals surface area (Å²) in [5.74, 6) is 1.50. The lowest BCUT2D eigenvalue weighted by molar-refractivity contribution is 0.294. The van der Waals surface area contributed by atoms with Crippen molar-refractivity contribution in [2.24, 2.45) is 0 Å². The molecule has 0 spiro atoms. The quantitative estimate of drug-likeness (QED) is 0.324. The van der Waals surface area contributed by atoms with Gasteiger partial charge in [-0.15, -0.1) is 0 Å². The van der Waals surface area contributed by atoms with Gasteiger partial charge >= 0.3 is 5.63 Å². The molecule has 0 bridgehead atoms. The molecule has 0 fully saturated rings. The van der Waals surface area contributed by atoms with Crippen LogP contribution in [0.4, 0.5) is 0 Å². The summed E-state index contributed by atoms with van der Waals surface area (Å²) in [6.45, 7) is 6.52. The minimum absolute atomic E-state index is 0.225. The molecule has 0 aliphatic heterocycles. The van der Waals surface area contributed by atoms with Crippen molar-refractivity contribution in [3.05, 3.63) is 69.1 Å². The lowest BCUT2D eigenvalue weighted by Gasteiger charge is -2.14. The first kappa shape index (κ1) is 21.0. The average Bonchev–Trinajstić information content (AvgIpc) is 2.73. The molecule has 0 atom stereocenters. The molecule has 0 N–H and O–H groups in total. The van der Waals surface area contributed by atoms with Gasteiger partial charge in [0.15, 0.2) is 0 Å². The van der Waals surface area contributed by atoms with Crippen LogP contribution >= 0.6 is 0 Å². The van der Waals surface area contributed by atoms with Crippen LogP contribution < -0.4 is 15.1 Å². The van der Waals surface area contributed by atoms with Gasteiger partial charge in [-0.1, -0.05) is 44.4 Å². The maximum atomic E-state index is 12.6. The van der Waals surface area contributed by atoms with Crippen LogP contribution in [-0.4, -0.2) is 7.11 Å². The molecule has 0 amide bonds. The first-order chi connectivity index (χ1) is 14.1. The van der Waals surface area contributed by atoms with Crippen LogP contribution in [0.2, 0.25) is 0 Å². The summed E-state index contributed by atoms with van der Waals surface area (Å²) in [7, 11) is 1.65. The highest BCUT2D eigenvalue weighted by molar-refractivity contribution is 5.85. The summed E-state index contributed by atoms with van der Waals surface area (Å²) in [5.41, 5.74) is 4.02. The van der Waals surface area contributed by atoms with E-state index >= 15 is 0 Å². The number of rotatable bonds is 9. The maximum Gasteiger partial charge on any atom is 0.339 e. The third-order valence-corrected chi connectivity index (χ3v) is 5.51. The van der Waals surface area contributed by atoms with E-state index in [1.165, 1.54) is 12.8 Å². The minimum atomic E-state index is -0.225. The molecule has 0 aliphatic rings. The fourth-order valence-corrected chi connectivity index (χ4v) is 3.72. The lowest BCUT2D eigenvalue weighted by Crippen LogP contribution is -2.11. The topological polar surface area (TPSA) is 48.7 Å². The molecule has 2 aromatic carbocycles. The molecule has 29 heavy (non-hydrogen) atoms. The number of benzene rings is 2. The van der Waals surface area contributed by atoms with E-state index in [-0.39, 0.29) is 5.63 Å². The highest BCUT2D eigenvalue weighted by Gasteiger charge is 2.15. The van der Waals surface area contributed by atoms with E-state index in [2.05, 4.69) is 6.92 Å². The van der Waals surface area contributed by atoms with Gasteiger partial charge in [-0.2, -0.15) is 0 Å². The summed E-state index contributed by atoms with van der Waals surface area (Å²) < 4.78 is 17.2. The van der Waals surface area contributed by atoms with Crippen molar-refractivity contribution in [1.82, 2.24) is 0 Å². The van der Waals surface area contributed by atoms with Crippen molar-refractivity contribution in [2.75, 3.05) is 7.11 Å². The first-order valence-electron chi connectivity index (χ1n) is 10.4. The van der Waals surface area contributed by atoms with Crippen molar-refractivity contribution < 1.29 is 13.9 Å². The normalized spacial score (nSPS) is 11.0. The molecular formula is C25H30O4. The molecule has 0 radical (unpaired) electrons. The van der Waals surface area contributed by atoms with Crippen LogP contribution in [0.1, 0.15) is 54.9 Å². The molecule has 4 heteroatoms. The van der Waals surface area contributed by atoms with Gasteiger partial charge in [0.2, 0.25) is 0 Å². The van der Waals surface area contributed by atoms with E-state index in [1.54, 1.807) is 7.11 Å². The summed E-state index contributed by atoms with van der Waals surface area (Å²) in [6.07, 6.45) is 5.31. The fourth-order valence-electron chi connectivity index (χ4n) is 3.72. The molecule has 0 saturated carbocycles. The molecule has 0 aliphatic carbocycles. The van der Waals surface area contributed by atoms with E-state index in [9.17, 15) is 4.79 Å². The minimum Gasteiger partial charge on any atom is -0.496 e. The van der Waals surface area contributed by atoms with Gasteiger partial charge in [-0.25, -0.2) is 4.79 Å². The Morgan fingerprint density at radius 2 is 1.72 bits per heavy atom. The Kier molecular flexibility index (Phi) is 6.97. The number of methoxy groups -OCH3 is 1. The van der Waals surface area contributed by atoms with Crippen molar-refractivity contribution >= 4 is 11.0 Å². The van der Waals surface area contributed by atoms with Gasteiger partial charge in [-0.05, 0) is 50.5 Å². The third kappa shape index (κ3) is 4.64. The summed E-state index contributed by atoms with van der Waals surface area (Å²) in [5, 5.41) is 0.984. The number of hydrogen-bond donors (Lipinski definition) is 0. The second kappa shape index (κ2) is 9.64. The van der Waals surface area contributed by atoms with E-state index in [0.29, 0.717) is 17.9 Å². The number of ether oxygens (including phenoxy) is 2. The Labute approximate surface area is 172 Å². The molecule has 1 aromatic heterocycles. The Bertz CT molecular complexity index is 1030. The van der Waals surface area contributed by atoms with Crippen LogP contribution in [-0.2, 0) is 13.0 Å². The van der Waals surface area contributed by atoms with Crippen molar-refractivity contribution in [3.63, 3.8) is 0 Å². The number of fused-ring (bicyclic) bond motifs is 1. The molecule has 0 saturated heterocycles. The second-order valence-electron chi connectivity index (χ2n) is 7.47. The van der Waals surface area contributed by atoms with Crippen LogP contribution in [0, 0.1) is 13.8 Å². The standard InChI is InChI=1S/C25H30O4/c1-5-6-7-8-12-21-17(2)20-14-15-22(18(3)24(20)29-25(21)26)28-16-19-11-9-10-13-23(19)27-4/h9-11,13-15H,5-8,12,16H2,1-4H3. The molecule has 3 rings (SSSR count). The molecule has 4 nitrogen and oxygen atoms in total. The number of hydrogen-bond acceptors (Lipinski definition) is 4. The van der Waals surface area contributed by atoms with Gasteiger partial charge in [0.25, 0.3) is 0 Å². The monoisotopic (exact) mass is 394 g/mol. The van der Waals surface area contributed by atoms with Crippen molar-refractivity contribution in [2.45, 2.75) is 59.5 Å². The maximum absolute atomic E-state index is 12.6. The molecule has 3 aromatic rings. The largest absolute Gasteiger partial charge is 0.496 e. The zero-order chi connectivity index (χ0) is 20.8. The van der Waals surface area contributed by atoms with Crippen molar-refractivity contribution in [1.29, 1.82) is 0 Å². The zero-order valence-corrected chi connectivity index (χ0v) is 17.8. The first-order valence-corrected chi connectivity index (χ1v) is 10.4. The smallest absolute Gasteiger partial charge is 0.339 e. The van der Waals surface area contributed by atoms with E-state index in [4.69, 9.17) is 13.9 Å². The predicted octanol–water partition coefficient (Wildman–Crippen LogP) is 6.12. The van der Waals surface area contributed by atoms with Crippen LogP contribution in [0.5, 0.6) is 11.5 Å². The third-order valence-electron chi connectivity index (χ3n) is 5.51. The van der Waals surface area contributed by atoms with Crippen LogP contribution in [0.15, 0.2) is 45.6 Å². The number of unbranched alkanes of at least 4 members (excludes halogenated alkanes) is 3. The van der Waals surface area contributed by atoms with Gasteiger partial charge < -0.3 is 13.9 Å². The van der Waals surface area contributed by atoms with E-state index in [0.717, 1.165) is 52.7 Å². The summed E-state index contributed by atoms with van der Waals surface area (Å²) >= 11 is 0. The SMILES string of the molecule is CCCCCCc1c(C)c2ccc(OCc3ccccc3OC)c(C)c2oc1=O. The van der Waals surface area contributed by atoms with Crippen LogP contribution in [0.25, 0.3) is 11.0 Å². The zero-order valence-electron chi connectivity index (χ0n) is 17.8. The van der Waals surface area contributed by atoms with Gasteiger partial charge in [0.05, 0.1) is 7.11 Å². The summed E-state index contributed by atoms with van der Waals surface area (Å²) in [4.78, 5) is 12.6. The Morgan fingerprint density at radius 1 is 0.931 bits per heavy atom. The Morgan fingerprint density at radius 3 is 2.48 bits per heavy atom. The number of aryl methyl sites for hydroxylation is 2. The van der Waals surface area contributed by atoms with Gasteiger partial charge in [-0.3, -0.25) is 0 Å². The highest BCUT2D eigenvalue weighted by Crippen LogP contribution is 2.31. The van der Waals surface area contributed by atoms with Crippen molar-refractivity contribution in [3.8, 4) is 11.5 Å². The van der Waals surface area contributed by atoms with E-state index < -0.39 is 0 Å². The second-order valence-corrected chi connectivity index (χ2v) is 7.47. The van der Waals surface area contributed by atoms with E-state index in [1.807, 2.05) is 50.2 Å². The molecular weight excluding hydrogens is 364 g/mol. The fraction of sp³-hybridized carbons (Fsp3) is 0.400. The predicted molar refractivity (Wildman–Crippen MR) is 117 cm³/mol. The number of para-hydroxylation sites is 1. The molecule has 154 valence electrons. The lowest BCUT2D eigenvalue weighted by atomic mass is 9.99. The van der Waals surface area contributed by atoms with Gasteiger partial charge in [0, 0.05) is 22.1 Å². The molecule has 1 heterocycles. The Hall–Kier alpha value is -2.75. The van der Waals surface area contributed by atoms with Gasteiger partial charge in [0.1, 0.15) is 23.7 Å².